The quantitative estimate of drug-likeness (QED) is 0.744. The molecule has 0 aromatic heterocycles. The number of halogens is 1. The van der Waals surface area contributed by atoms with Gasteiger partial charge in [-0.1, -0.05) is 64.3 Å². The van der Waals surface area contributed by atoms with Crippen molar-refractivity contribution < 1.29 is 0 Å². The van der Waals surface area contributed by atoms with Crippen LogP contribution in [-0.4, -0.2) is 12.6 Å². The van der Waals surface area contributed by atoms with Gasteiger partial charge in [-0.15, -0.1) is 0 Å². The Hall–Kier alpha value is -0.530. The molecule has 0 heterocycles. The van der Waals surface area contributed by atoms with Gasteiger partial charge in [-0.05, 0) is 29.5 Å². The Morgan fingerprint density at radius 3 is 2.50 bits per heavy atom. The van der Waals surface area contributed by atoms with Gasteiger partial charge in [0.1, 0.15) is 0 Å². The number of rotatable bonds is 7. The molecule has 102 valence electrons. The molecule has 0 fully saturated rings. The molecular weight excluding hydrogens is 242 g/mol. The minimum Gasteiger partial charge on any atom is -0.314 e. The Bertz CT molecular complexity index is 349. The van der Waals surface area contributed by atoms with Gasteiger partial charge >= 0.3 is 0 Å². The van der Waals surface area contributed by atoms with Crippen molar-refractivity contribution in [3.8, 4) is 0 Å². The van der Waals surface area contributed by atoms with E-state index in [0.717, 1.165) is 11.6 Å². The average Bonchev–Trinajstić information content (AvgIpc) is 2.29. The fraction of sp³-hybridized carbons (Fsp3) is 0.625. The lowest BCUT2D eigenvalue weighted by Crippen LogP contribution is -2.30. The Morgan fingerprint density at radius 1 is 1.22 bits per heavy atom. The van der Waals surface area contributed by atoms with Gasteiger partial charge in [-0.2, -0.15) is 0 Å². The topological polar surface area (TPSA) is 12.0 Å². The lowest BCUT2D eigenvalue weighted by Gasteiger charge is -2.26. The molecule has 2 unspecified atom stereocenters. The van der Waals surface area contributed by atoms with Gasteiger partial charge in [0, 0.05) is 17.6 Å². The predicted molar refractivity (Wildman–Crippen MR) is 81.4 cm³/mol. The summed E-state index contributed by atoms with van der Waals surface area (Å²) in [5, 5.41) is 4.40. The van der Waals surface area contributed by atoms with Crippen molar-refractivity contribution in [1.29, 1.82) is 0 Å². The second-order valence-electron chi connectivity index (χ2n) is 5.49. The molecule has 1 rings (SSSR count). The van der Waals surface area contributed by atoms with Gasteiger partial charge in [-0.25, -0.2) is 0 Å². The van der Waals surface area contributed by atoms with Crippen LogP contribution in [0.3, 0.4) is 0 Å². The highest BCUT2D eigenvalue weighted by Crippen LogP contribution is 2.29. The second kappa shape index (κ2) is 7.81. The van der Waals surface area contributed by atoms with Gasteiger partial charge < -0.3 is 5.32 Å². The normalized spacial score (nSPS) is 14.8. The van der Waals surface area contributed by atoms with Crippen LogP contribution in [0.4, 0.5) is 0 Å². The second-order valence-corrected chi connectivity index (χ2v) is 5.93. The van der Waals surface area contributed by atoms with E-state index in [1.807, 2.05) is 6.07 Å². The Kier molecular flexibility index (Phi) is 6.73. The zero-order valence-electron chi connectivity index (χ0n) is 12.0. The minimum atomic E-state index is 0.528. The van der Waals surface area contributed by atoms with Gasteiger partial charge in [0.05, 0.1) is 0 Å². The van der Waals surface area contributed by atoms with E-state index in [-0.39, 0.29) is 0 Å². The first kappa shape index (κ1) is 15.5. The molecular formula is C16H26ClN. The maximum absolute atomic E-state index is 6.11. The van der Waals surface area contributed by atoms with Crippen LogP contribution in [0.1, 0.15) is 52.0 Å². The predicted octanol–water partition coefficient (Wildman–Crippen LogP) is 4.86. The molecule has 1 nitrogen and oxygen atoms in total. The van der Waals surface area contributed by atoms with Crippen LogP contribution in [0.2, 0.25) is 5.02 Å². The SMILES string of the molecule is CCCC(C)C(CNC(C)C)c1cccc(Cl)c1. The molecule has 0 aliphatic heterocycles. The van der Waals surface area contributed by atoms with Crippen molar-refractivity contribution in [2.75, 3.05) is 6.54 Å². The molecule has 0 saturated heterocycles. The summed E-state index contributed by atoms with van der Waals surface area (Å²) in [6.45, 7) is 10.0. The molecule has 1 aromatic rings. The number of nitrogens with one attached hydrogen (secondary N) is 1. The highest BCUT2D eigenvalue weighted by Gasteiger charge is 2.19. The maximum atomic E-state index is 6.11. The first-order valence-corrected chi connectivity index (χ1v) is 7.41. The summed E-state index contributed by atoms with van der Waals surface area (Å²) >= 11 is 6.11. The standard InChI is InChI=1S/C16H26ClN/c1-5-7-13(4)16(11-18-12(2)3)14-8-6-9-15(17)10-14/h6,8-10,12-13,16,18H,5,7,11H2,1-4H3. The molecule has 2 atom stereocenters. The smallest absolute Gasteiger partial charge is 0.0408 e. The average molecular weight is 268 g/mol. The van der Waals surface area contributed by atoms with Crippen molar-refractivity contribution in [3.63, 3.8) is 0 Å². The first-order chi connectivity index (χ1) is 8.54. The van der Waals surface area contributed by atoms with Crippen molar-refractivity contribution in [2.24, 2.45) is 5.92 Å². The lowest BCUT2D eigenvalue weighted by molar-refractivity contribution is 0.392. The van der Waals surface area contributed by atoms with Crippen LogP contribution in [-0.2, 0) is 0 Å². The summed E-state index contributed by atoms with van der Waals surface area (Å²) in [7, 11) is 0. The van der Waals surface area contributed by atoms with E-state index in [0.29, 0.717) is 17.9 Å². The minimum absolute atomic E-state index is 0.528. The number of hydrogen-bond donors (Lipinski definition) is 1. The van der Waals surface area contributed by atoms with Crippen LogP contribution in [0.15, 0.2) is 24.3 Å². The van der Waals surface area contributed by atoms with Crippen molar-refractivity contribution in [3.05, 3.63) is 34.9 Å². The van der Waals surface area contributed by atoms with Gasteiger partial charge in [0.25, 0.3) is 0 Å². The molecule has 0 aliphatic carbocycles. The third kappa shape index (κ3) is 4.99. The number of benzene rings is 1. The molecule has 1 aromatic carbocycles. The third-order valence-electron chi connectivity index (χ3n) is 3.45. The van der Waals surface area contributed by atoms with Crippen LogP contribution in [0.25, 0.3) is 0 Å². The Balaban J connectivity index is 2.81. The third-order valence-corrected chi connectivity index (χ3v) is 3.69. The molecule has 0 amide bonds. The lowest BCUT2D eigenvalue weighted by atomic mass is 9.84. The molecule has 0 spiro atoms. The van der Waals surface area contributed by atoms with E-state index in [1.54, 1.807) is 0 Å². The fourth-order valence-corrected chi connectivity index (χ4v) is 2.60. The van der Waals surface area contributed by atoms with E-state index in [4.69, 9.17) is 11.6 Å². The van der Waals surface area contributed by atoms with Gasteiger partial charge in [0.15, 0.2) is 0 Å². The molecule has 18 heavy (non-hydrogen) atoms. The summed E-state index contributed by atoms with van der Waals surface area (Å²) in [6, 6.07) is 8.84. The molecule has 2 heteroatoms. The molecule has 0 bridgehead atoms. The zero-order valence-corrected chi connectivity index (χ0v) is 12.8. The first-order valence-electron chi connectivity index (χ1n) is 7.03. The molecule has 1 N–H and O–H groups in total. The fourth-order valence-electron chi connectivity index (χ4n) is 2.40. The highest BCUT2D eigenvalue weighted by atomic mass is 35.5. The summed E-state index contributed by atoms with van der Waals surface area (Å²) in [6.07, 6.45) is 2.50. The zero-order chi connectivity index (χ0) is 13.5. The van der Waals surface area contributed by atoms with Crippen molar-refractivity contribution >= 4 is 11.6 Å². The monoisotopic (exact) mass is 267 g/mol. The summed E-state index contributed by atoms with van der Waals surface area (Å²) < 4.78 is 0. The summed E-state index contributed by atoms with van der Waals surface area (Å²) in [4.78, 5) is 0. The summed E-state index contributed by atoms with van der Waals surface area (Å²) in [5.74, 6) is 1.23. The number of hydrogen-bond acceptors (Lipinski definition) is 1. The van der Waals surface area contributed by atoms with E-state index in [9.17, 15) is 0 Å². The summed E-state index contributed by atoms with van der Waals surface area (Å²) in [5.41, 5.74) is 1.36. The van der Waals surface area contributed by atoms with E-state index >= 15 is 0 Å². The van der Waals surface area contributed by atoms with Crippen LogP contribution in [0.5, 0.6) is 0 Å². The highest BCUT2D eigenvalue weighted by molar-refractivity contribution is 6.30. The van der Waals surface area contributed by atoms with E-state index in [2.05, 4.69) is 51.2 Å². The van der Waals surface area contributed by atoms with Crippen LogP contribution in [0, 0.1) is 5.92 Å². The van der Waals surface area contributed by atoms with Crippen LogP contribution < -0.4 is 5.32 Å². The van der Waals surface area contributed by atoms with Crippen LogP contribution >= 0.6 is 11.6 Å². The van der Waals surface area contributed by atoms with Crippen molar-refractivity contribution in [1.82, 2.24) is 5.32 Å². The molecule has 0 aliphatic rings. The van der Waals surface area contributed by atoms with E-state index < -0.39 is 0 Å². The Morgan fingerprint density at radius 2 is 1.94 bits per heavy atom. The van der Waals surface area contributed by atoms with Crippen molar-refractivity contribution in [2.45, 2.75) is 52.5 Å². The van der Waals surface area contributed by atoms with Gasteiger partial charge in [-0.3, -0.25) is 0 Å². The molecule has 0 saturated carbocycles. The maximum Gasteiger partial charge on any atom is 0.0408 e. The largest absolute Gasteiger partial charge is 0.314 e. The van der Waals surface area contributed by atoms with E-state index in [1.165, 1.54) is 18.4 Å². The van der Waals surface area contributed by atoms with Gasteiger partial charge in [0.2, 0.25) is 0 Å². The Labute approximate surface area is 117 Å². The molecule has 0 radical (unpaired) electrons.